The Labute approximate surface area is 62.4 Å². The topological polar surface area (TPSA) is 20.2 Å². The Kier molecular flexibility index (Phi) is 2.42. The second-order valence-electron chi connectivity index (χ2n) is 1.67. The van der Waals surface area contributed by atoms with Gasteiger partial charge in [-0.25, -0.2) is 0 Å². The van der Waals surface area contributed by atoms with Crippen molar-refractivity contribution in [3.05, 3.63) is 0 Å². The van der Waals surface area contributed by atoms with Crippen LogP contribution in [0.3, 0.4) is 0 Å². The lowest BCUT2D eigenvalue weighted by molar-refractivity contribution is -0.326. The maximum absolute atomic E-state index is 11.3. The molecule has 11 heavy (non-hydrogen) atoms. The zero-order valence-electron chi connectivity index (χ0n) is 4.66. The molecule has 0 aliphatic rings. The summed E-state index contributed by atoms with van der Waals surface area (Å²) in [4.78, 5) is -4.93. The van der Waals surface area contributed by atoms with E-state index in [9.17, 15) is 26.3 Å². The van der Waals surface area contributed by atoms with Crippen LogP contribution in [0.5, 0.6) is 0 Å². The number of thiol groups is 1. The van der Waals surface area contributed by atoms with Crippen LogP contribution in [0.25, 0.3) is 0 Å². The van der Waals surface area contributed by atoms with Gasteiger partial charge in [-0.3, -0.25) is 0 Å². The predicted molar refractivity (Wildman–Crippen MR) is 26.0 cm³/mol. The van der Waals surface area contributed by atoms with Crippen molar-refractivity contribution in [3.63, 3.8) is 0 Å². The van der Waals surface area contributed by atoms with E-state index in [0.717, 1.165) is 0 Å². The molecule has 0 amide bonds. The van der Waals surface area contributed by atoms with Crippen LogP contribution in [0.2, 0.25) is 0 Å². The van der Waals surface area contributed by atoms with Gasteiger partial charge in [0.1, 0.15) is 0 Å². The van der Waals surface area contributed by atoms with Gasteiger partial charge in [-0.2, -0.15) is 26.3 Å². The standard InChI is InChI=1S/C3H2F6OS/c4-2(5,6)1(10,11)3(7,8)9/h10-11H. The molecule has 0 saturated heterocycles. The molecule has 1 N–H and O–H groups in total. The van der Waals surface area contributed by atoms with Crippen LogP contribution < -0.4 is 0 Å². The summed E-state index contributed by atoms with van der Waals surface area (Å²) in [5, 5.41) is 7.80. The molecule has 0 heterocycles. The Morgan fingerprint density at radius 3 is 1.00 bits per heavy atom. The fraction of sp³-hybridized carbons (Fsp3) is 1.00. The van der Waals surface area contributed by atoms with E-state index in [1.54, 1.807) is 0 Å². The molecule has 1 nitrogen and oxygen atoms in total. The fourth-order valence-corrected chi connectivity index (χ4v) is 0.161. The monoisotopic (exact) mass is 200 g/mol. The average Bonchev–Trinajstić information content (AvgIpc) is 1.58. The Bertz CT molecular complexity index is 129. The van der Waals surface area contributed by atoms with Gasteiger partial charge in [0, 0.05) is 0 Å². The first-order valence-corrected chi connectivity index (χ1v) is 2.53. The van der Waals surface area contributed by atoms with Crippen molar-refractivity contribution < 1.29 is 31.4 Å². The highest BCUT2D eigenvalue weighted by molar-refractivity contribution is 7.81. The highest BCUT2D eigenvalue weighted by Crippen LogP contribution is 2.45. The number of rotatable bonds is 0. The second-order valence-corrected chi connectivity index (χ2v) is 2.31. The highest BCUT2D eigenvalue weighted by Gasteiger charge is 2.68. The maximum Gasteiger partial charge on any atom is 0.435 e. The molecule has 0 saturated carbocycles. The average molecular weight is 200 g/mol. The minimum Gasteiger partial charge on any atom is -0.365 e. The molecule has 0 rings (SSSR count). The molecule has 0 atom stereocenters. The molecule has 0 aromatic rings. The molecular weight excluding hydrogens is 198 g/mol. The molecule has 0 spiro atoms. The highest BCUT2D eigenvalue weighted by atomic mass is 32.1. The zero-order valence-corrected chi connectivity index (χ0v) is 5.56. The molecule has 0 bridgehead atoms. The summed E-state index contributed by atoms with van der Waals surface area (Å²) in [6.07, 6.45) is -11.7. The summed E-state index contributed by atoms with van der Waals surface area (Å²) >= 11 is 2.05. The van der Waals surface area contributed by atoms with Crippen LogP contribution >= 0.6 is 12.6 Å². The van der Waals surface area contributed by atoms with Crippen molar-refractivity contribution in [2.75, 3.05) is 0 Å². The number of alkyl halides is 6. The molecule has 0 aliphatic heterocycles. The van der Waals surface area contributed by atoms with Gasteiger partial charge in [-0.05, 0) is 0 Å². The van der Waals surface area contributed by atoms with Crippen molar-refractivity contribution in [1.82, 2.24) is 0 Å². The molecule has 0 aliphatic carbocycles. The third-order valence-electron chi connectivity index (χ3n) is 0.791. The van der Waals surface area contributed by atoms with Crippen LogP contribution in [-0.4, -0.2) is 22.4 Å². The summed E-state index contributed by atoms with van der Waals surface area (Å²) in [5.41, 5.74) is 0. The zero-order chi connectivity index (χ0) is 9.50. The molecule has 68 valence electrons. The smallest absolute Gasteiger partial charge is 0.365 e. The van der Waals surface area contributed by atoms with E-state index < -0.39 is 17.3 Å². The summed E-state index contributed by atoms with van der Waals surface area (Å²) in [6, 6.07) is 0. The molecule has 0 aromatic carbocycles. The number of hydrogen-bond donors (Lipinski definition) is 2. The first-order valence-electron chi connectivity index (χ1n) is 2.08. The normalized spacial score (nSPS) is 15.3. The lowest BCUT2D eigenvalue weighted by Gasteiger charge is -2.26. The van der Waals surface area contributed by atoms with Crippen LogP contribution in [-0.2, 0) is 0 Å². The van der Waals surface area contributed by atoms with E-state index >= 15 is 0 Å². The Balaban J connectivity index is 4.75. The fourth-order valence-electron chi connectivity index (χ4n) is 0.161. The Hall–Kier alpha value is -0.110. The van der Waals surface area contributed by atoms with Gasteiger partial charge >= 0.3 is 17.3 Å². The summed E-state index contributed by atoms with van der Waals surface area (Å²) < 4.78 is 67.7. The quantitative estimate of drug-likeness (QED) is 0.346. The van der Waals surface area contributed by atoms with Gasteiger partial charge < -0.3 is 5.11 Å². The van der Waals surface area contributed by atoms with Crippen molar-refractivity contribution in [1.29, 1.82) is 0 Å². The van der Waals surface area contributed by atoms with Crippen LogP contribution in [0, 0.1) is 0 Å². The lowest BCUT2D eigenvalue weighted by atomic mass is 10.3. The van der Waals surface area contributed by atoms with Gasteiger partial charge in [0.25, 0.3) is 0 Å². The van der Waals surface area contributed by atoms with E-state index in [4.69, 9.17) is 5.11 Å². The lowest BCUT2D eigenvalue weighted by Crippen LogP contribution is -2.52. The van der Waals surface area contributed by atoms with Gasteiger partial charge in [0.15, 0.2) is 0 Å². The SMILES string of the molecule is OC(S)(C(F)(F)F)C(F)(F)F. The largest absolute Gasteiger partial charge is 0.435 e. The van der Waals surface area contributed by atoms with Crippen LogP contribution in [0.4, 0.5) is 26.3 Å². The minimum atomic E-state index is -5.83. The third-order valence-corrected chi connectivity index (χ3v) is 1.30. The first-order chi connectivity index (χ1) is 4.50. The van der Waals surface area contributed by atoms with Gasteiger partial charge in [0.2, 0.25) is 0 Å². The summed E-state index contributed by atoms with van der Waals surface area (Å²) in [7, 11) is 0. The summed E-state index contributed by atoms with van der Waals surface area (Å²) in [5.74, 6) is 0. The van der Waals surface area contributed by atoms with Gasteiger partial charge in [0.05, 0.1) is 0 Å². The molecule has 0 aromatic heterocycles. The van der Waals surface area contributed by atoms with Gasteiger partial charge in [-0.15, -0.1) is 12.6 Å². The molecule has 0 radical (unpaired) electrons. The van der Waals surface area contributed by atoms with Crippen molar-refractivity contribution >= 4 is 12.6 Å². The van der Waals surface area contributed by atoms with E-state index in [0.29, 0.717) is 0 Å². The molecule has 8 heteroatoms. The first kappa shape index (κ1) is 10.9. The van der Waals surface area contributed by atoms with Gasteiger partial charge in [-0.1, -0.05) is 0 Å². The summed E-state index contributed by atoms with van der Waals surface area (Å²) in [6.45, 7) is 0. The minimum absolute atomic E-state index is 2.05. The molecular formula is C3H2F6OS. The Morgan fingerprint density at radius 1 is 0.818 bits per heavy atom. The van der Waals surface area contributed by atoms with Crippen molar-refractivity contribution in [2.24, 2.45) is 0 Å². The number of halogens is 6. The van der Waals surface area contributed by atoms with E-state index in [1.165, 1.54) is 0 Å². The van der Waals surface area contributed by atoms with Crippen molar-refractivity contribution in [3.8, 4) is 0 Å². The maximum atomic E-state index is 11.3. The molecule has 0 fully saturated rings. The van der Waals surface area contributed by atoms with E-state index in [1.807, 2.05) is 0 Å². The van der Waals surface area contributed by atoms with E-state index in [-0.39, 0.29) is 0 Å². The van der Waals surface area contributed by atoms with Crippen LogP contribution in [0.1, 0.15) is 0 Å². The van der Waals surface area contributed by atoms with Crippen LogP contribution in [0.15, 0.2) is 0 Å². The predicted octanol–water partition coefficient (Wildman–Crippen LogP) is 1.73. The van der Waals surface area contributed by atoms with Crippen molar-refractivity contribution in [2.45, 2.75) is 17.3 Å². The third kappa shape index (κ3) is 1.92. The number of aliphatic hydroxyl groups is 1. The molecule has 0 unspecified atom stereocenters. The second kappa shape index (κ2) is 2.44. The Morgan fingerprint density at radius 2 is 1.00 bits per heavy atom. The van der Waals surface area contributed by atoms with E-state index in [2.05, 4.69) is 12.6 Å². The number of hydrogen-bond acceptors (Lipinski definition) is 2.